The molecule has 1 fully saturated rings. The van der Waals surface area contributed by atoms with Gasteiger partial charge in [0.2, 0.25) is 0 Å². The van der Waals surface area contributed by atoms with Crippen LogP contribution in [-0.4, -0.2) is 51.2 Å². The fraction of sp³-hybridized carbons (Fsp3) is 0.389. The lowest BCUT2D eigenvalue weighted by Crippen LogP contribution is -2.54. The number of aryl methyl sites for hydroxylation is 2. The number of thiazole rings is 1. The molecule has 0 aliphatic carbocycles. The zero-order valence-electron chi connectivity index (χ0n) is 14.9. The van der Waals surface area contributed by atoms with Gasteiger partial charge >= 0.3 is 0 Å². The van der Waals surface area contributed by atoms with Crippen molar-refractivity contribution in [3.8, 4) is 0 Å². The first-order valence-electron chi connectivity index (χ1n) is 8.54. The third-order valence-electron chi connectivity index (χ3n) is 4.80. The second kappa shape index (κ2) is 6.55. The molecule has 0 bridgehead atoms. The number of carbonyl (C=O) groups excluding carboxylic acids is 1. The van der Waals surface area contributed by atoms with Gasteiger partial charge < -0.3 is 9.80 Å². The van der Waals surface area contributed by atoms with Crippen molar-refractivity contribution < 1.29 is 4.79 Å². The maximum absolute atomic E-state index is 12.7. The molecule has 3 aromatic rings. The summed E-state index contributed by atoms with van der Waals surface area (Å²) in [5.41, 5.74) is 2.74. The standard InChI is InChI=1S/C18H20ClN5OS/c1-11-4-5-14(19)16-15(11)21-18(26-16)23-6-7-24(12(2)9-23)17(25)13-8-20-22(3)10-13/h4-5,8,10,12H,6-7,9H2,1-3H3. The van der Waals surface area contributed by atoms with Crippen LogP contribution in [0, 0.1) is 6.92 Å². The van der Waals surface area contributed by atoms with Crippen LogP contribution < -0.4 is 4.90 Å². The predicted octanol–water partition coefficient (Wildman–Crippen LogP) is 3.34. The van der Waals surface area contributed by atoms with E-state index >= 15 is 0 Å². The molecule has 0 N–H and O–H groups in total. The van der Waals surface area contributed by atoms with Crippen LogP contribution in [0.4, 0.5) is 5.13 Å². The van der Waals surface area contributed by atoms with E-state index in [0.29, 0.717) is 12.1 Å². The minimum Gasteiger partial charge on any atom is -0.344 e. The fourth-order valence-corrected chi connectivity index (χ4v) is 4.71. The van der Waals surface area contributed by atoms with E-state index in [9.17, 15) is 4.79 Å². The molecule has 4 rings (SSSR count). The van der Waals surface area contributed by atoms with Crippen molar-refractivity contribution >= 4 is 44.2 Å². The molecule has 1 aliphatic heterocycles. The highest BCUT2D eigenvalue weighted by Gasteiger charge is 2.30. The summed E-state index contributed by atoms with van der Waals surface area (Å²) in [5, 5.41) is 5.81. The lowest BCUT2D eigenvalue weighted by molar-refractivity contribution is 0.0674. The first-order chi connectivity index (χ1) is 12.4. The van der Waals surface area contributed by atoms with Crippen molar-refractivity contribution in [2.45, 2.75) is 19.9 Å². The predicted molar refractivity (Wildman–Crippen MR) is 105 cm³/mol. The normalized spacial score (nSPS) is 17.9. The molecule has 8 heteroatoms. The molecule has 26 heavy (non-hydrogen) atoms. The van der Waals surface area contributed by atoms with Gasteiger partial charge in [-0.15, -0.1) is 0 Å². The Kier molecular flexibility index (Phi) is 4.36. The first-order valence-corrected chi connectivity index (χ1v) is 9.73. The van der Waals surface area contributed by atoms with Crippen molar-refractivity contribution in [3.63, 3.8) is 0 Å². The van der Waals surface area contributed by atoms with Crippen molar-refractivity contribution in [2.75, 3.05) is 24.5 Å². The van der Waals surface area contributed by atoms with Crippen LogP contribution in [0.1, 0.15) is 22.8 Å². The number of carbonyl (C=O) groups is 1. The van der Waals surface area contributed by atoms with Crippen LogP contribution in [0.25, 0.3) is 10.2 Å². The number of hydrogen-bond donors (Lipinski definition) is 0. The molecule has 1 aromatic carbocycles. The molecular weight excluding hydrogens is 370 g/mol. The third-order valence-corrected chi connectivity index (χ3v) is 6.37. The number of hydrogen-bond acceptors (Lipinski definition) is 5. The van der Waals surface area contributed by atoms with E-state index in [2.05, 4.69) is 23.8 Å². The van der Waals surface area contributed by atoms with Gasteiger partial charge in [-0.2, -0.15) is 5.10 Å². The molecule has 136 valence electrons. The topological polar surface area (TPSA) is 54.3 Å². The molecule has 0 spiro atoms. The van der Waals surface area contributed by atoms with Crippen molar-refractivity contribution in [2.24, 2.45) is 7.05 Å². The van der Waals surface area contributed by atoms with Gasteiger partial charge in [0.15, 0.2) is 5.13 Å². The summed E-state index contributed by atoms with van der Waals surface area (Å²) in [4.78, 5) is 21.7. The Hall–Kier alpha value is -2.12. The lowest BCUT2D eigenvalue weighted by Gasteiger charge is -2.39. The molecule has 1 amide bonds. The van der Waals surface area contributed by atoms with Gasteiger partial charge in [0.25, 0.3) is 5.91 Å². The van der Waals surface area contributed by atoms with Crippen LogP contribution in [0.3, 0.4) is 0 Å². The van der Waals surface area contributed by atoms with Gasteiger partial charge in [-0.05, 0) is 25.5 Å². The van der Waals surface area contributed by atoms with E-state index in [-0.39, 0.29) is 11.9 Å². The second-order valence-electron chi connectivity index (χ2n) is 6.73. The summed E-state index contributed by atoms with van der Waals surface area (Å²) < 4.78 is 2.68. The molecule has 1 saturated heterocycles. The SMILES string of the molecule is Cc1ccc(Cl)c2sc(N3CCN(C(=O)c4cnn(C)c4)C(C)C3)nc12. The van der Waals surface area contributed by atoms with Gasteiger partial charge in [-0.1, -0.05) is 29.0 Å². The Morgan fingerprint density at radius 2 is 2.15 bits per heavy atom. The highest BCUT2D eigenvalue weighted by Crippen LogP contribution is 2.36. The molecule has 1 unspecified atom stereocenters. The maximum atomic E-state index is 12.7. The number of halogens is 1. The summed E-state index contributed by atoms with van der Waals surface area (Å²) in [6.45, 7) is 6.30. The number of rotatable bonds is 2. The summed E-state index contributed by atoms with van der Waals surface area (Å²) in [6.07, 6.45) is 3.39. The smallest absolute Gasteiger partial charge is 0.257 e. The van der Waals surface area contributed by atoms with Gasteiger partial charge in [-0.3, -0.25) is 9.48 Å². The van der Waals surface area contributed by atoms with Crippen molar-refractivity contribution in [3.05, 3.63) is 40.7 Å². The van der Waals surface area contributed by atoms with Crippen LogP contribution in [0.2, 0.25) is 5.02 Å². The van der Waals surface area contributed by atoms with E-state index in [4.69, 9.17) is 16.6 Å². The summed E-state index contributed by atoms with van der Waals surface area (Å²) in [6, 6.07) is 4.02. The Labute approximate surface area is 161 Å². The molecule has 6 nitrogen and oxygen atoms in total. The highest BCUT2D eigenvalue weighted by atomic mass is 35.5. The van der Waals surface area contributed by atoms with Crippen LogP contribution in [0.15, 0.2) is 24.5 Å². The number of anilines is 1. The molecule has 1 atom stereocenters. The zero-order valence-corrected chi connectivity index (χ0v) is 16.5. The molecule has 0 radical (unpaired) electrons. The monoisotopic (exact) mass is 389 g/mol. The van der Waals surface area contributed by atoms with Crippen LogP contribution in [0.5, 0.6) is 0 Å². The van der Waals surface area contributed by atoms with E-state index < -0.39 is 0 Å². The fourth-order valence-electron chi connectivity index (χ4n) is 3.36. The Morgan fingerprint density at radius 1 is 1.35 bits per heavy atom. The van der Waals surface area contributed by atoms with Gasteiger partial charge in [-0.25, -0.2) is 4.98 Å². The molecular formula is C18H20ClN5OS. The Morgan fingerprint density at radius 3 is 2.81 bits per heavy atom. The van der Waals surface area contributed by atoms with Gasteiger partial charge in [0.05, 0.1) is 27.0 Å². The zero-order chi connectivity index (χ0) is 18.4. The van der Waals surface area contributed by atoms with Gasteiger partial charge in [0.1, 0.15) is 0 Å². The second-order valence-corrected chi connectivity index (χ2v) is 8.12. The summed E-state index contributed by atoms with van der Waals surface area (Å²) in [7, 11) is 1.82. The lowest BCUT2D eigenvalue weighted by atomic mass is 10.1. The largest absolute Gasteiger partial charge is 0.344 e. The summed E-state index contributed by atoms with van der Waals surface area (Å²) >= 11 is 7.96. The number of fused-ring (bicyclic) bond motifs is 1. The average Bonchev–Trinajstić information content (AvgIpc) is 3.25. The molecule has 0 saturated carbocycles. The van der Waals surface area contributed by atoms with Gasteiger partial charge in [0, 0.05) is 38.9 Å². The number of aromatic nitrogens is 3. The molecule has 1 aliphatic rings. The summed E-state index contributed by atoms with van der Waals surface area (Å²) in [5.74, 6) is 0.0356. The van der Waals surface area contributed by atoms with Crippen LogP contribution in [-0.2, 0) is 7.05 Å². The molecule has 3 heterocycles. The minimum absolute atomic E-state index is 0.0356. The Balaban J connectivity index is 1.54. The van der Waals surface area contributed by atoms with Crippen molar-refractivity contribution in [1.82, 2.24) is 19.7 Å². The van der Waals surface area contributed by atoms with E-state index in [1.54, 1.807) is 28.4 Å². The third kappa shape index (κ3) is 2.95. The maximum Gasteiger partial charge on any atom is 0.257 e. The average molecular weight is 390 g/mol. The van der Waals surface area contributed by atoms with E-state index in [1.165, 1.54) is 0 Å². The first kappa shape index (κ1) is 17.3. The molecule has 2 aromatic heterocycles. The highest BCUT2D eigenvalue weighted by molar-refractivity contribution is 7.22. The van der Waals surface area contributed by atoms with E-state index in [1.807, 2.05) is 24.1 Å². The quantitative estimate of drug-likeness (QED) is 0.674. The Bertz CT molecular complexity index is 942. The number of amides is 1. The van der Waals surface area contributed by atoms with Crippen LogP contribution >= 0.6 is 22.9 Å². The van der Waals surface area contributed by atoms with Crippen molar-refractivity contribution in [1.29, 1.82) is 0 Å². The number of nitrogens with zero attached hydrogens (tertiary/aromatic N) is 5. The number of piperazine rings is 1. The van der Waals surface area contributed by atoms with E-state index in [0.717, 1.165) is 39.0 Å². The minimum atomic E-state index is 0.0356. The number of benzene rings is 1.